The molecule has 1 atom stereocenters. The number of benzene rings is 2. The van der Waals surface area contributed by atoms with Gasteiger partial charge in [0.2, 0.25) is 0 Å². The van der Waals surface area contributed by atoms with Crippen molar-refractivity contribution in [2.75, 3.05) is 26.2 Å². The van der Waals surface area contributed by atoms with Gasteiger partial charge in [0, 0.05) is 24.0 Å². The zero-order valence-electron chi connectivity index (χ0n) is 14.6. The second-order valence-electron chi connectivity index (χ2n) is 5.82. The molecule has 2 rings (SSSR count). The summed E-state index contributed by atoms with van der Waals surface area (Å²) in [6, 6.07) is 17.9. The topological polar surface area (TPSA) is 56.7 Å². The molecule has 2 aromatic rings. The first kappa shape index (κ1) is 19.3. The van der Waals surface area contributed by atoms with Crippen LogP contribution in [0.5, 0.6) is 0 Å². The first-order valence-corrected chi connectivity index (χ1v) is 9.03. The third kappa shape index (κ3) is 6.77. The summed E-state index contributed by atoms with van der Waals surface area (Å²) in [5, 5.41) is 17.0. The molecule has 0 amide bonds. The third-order valence-electron chi connectivity index (χ3n) is 3.90. The van der Waals surface area contributed by atoms with E-state index >= 15 is 0 Å². The Hall–Kier alpha value is -2.04. The lowest BCUT2D eigenvalue weighted by Crippen LogP contribution is -2.38. The summed E-state index contributed by atoms with van der Waals surface area (Å²) in [5.41, 5.74) is 2.29. The van der Waals surface area contributed by atoms with Crippen molar-refractivity contribution >= 4 is 17.6 Å². The maximum Gasteiger partial charge on any atom is 0.191 e. The number of guanidine groups is 1. The van der Waals surface area contributed by atoms with Gasteiger partial charge in [-0.15, -0.1) is 0 Å². The van der Waals surface area contributed by atoms with Gasteiger partial charge in [-0.05, 0) is 36.6 Å². The minimum absolute atomic E-state index is 0.00425. The van der Waals surface area contributed by atoms with Crippen molar-refractivity contribution in [1.82, 2.24) is 10.6 Å². The van der Waals surface area contributed by atoms with E-state index in [0.29, 0.717) is 6.54 Å². The number of hydrogen-bond acceptors (Lipinski definition) is 2. The Balaban J connectivity index is 1.90. The number of hydrogen-bond donors (Lipinski definition) is 3. The number of nitrogens with zero attached hydrogens (tertiary/aromatic N) is 1. The predicted molar refractivity (Wildman–Crippen MR) is 105 cm³/mol. The van der Waals surface area contributed by atoms with Gasteiger partial charge in [-0.3, -0.25) is 4.99 Å². The molecule has 0 radical (unpaired) electrons. The van der Waals surface area contributed by atoms with Crippen molar-refractivity contribution in [3.63, 3.8) is 0 Å². The number of aliphatic imine (C=N–C) groups is 1. The Morgan fingerprint density at radius 3 is 2.60 bits per heavy atom. The van der Waals surface area contributed by atoms with E-state index in [1.807, 2.05) is 55.5 Å². The van der Waals surface area contributed by atoms with Crippen molar-refractivity contribution in [3.8, 4) is 0 Å². The molecular weight excluding hydrogens is 334 g/mol. The maximum atomic E-state index is 9.65. The van der Waals surface area contributed by atoms with Gasteiger partial charge in [-0.2, -0.15) is 0 Å². The molecular formula is C20H26ClN3O. The van der Waals surface area contributed by atoms with Crippen molar-refractivity contribution in [3.05, 3.63) is 70.7 Å². The summed E-state index contributed by atoms with van der Waals surface area (Å²) in [6.07, 6.45) is 0.868. The summed E-state index contributed by atoms with van der Waals surface area (Å²) in [5.74, 6) is 0.767. The Morgan fingerprint density at radius 1 is 1.12 bits per heavy atom. The van der Waals surface area contributed by atoms with Crippen LogP contribution in [0.4, 0.5) is 0 Å². The Bertz CT molecular complexity index is 661. The Kier molecular flexibility index (Phi) is 8.29. The van der Waals surface area contributed by atoms with Gasteiger partial charge in [-0.25, -0.2) is 0 Å². The molecule has 0 spiro atoms. The summed E-state index contributed by atoms with van der Waals surface area (Å²) in [6.45, 7) is 4.21. The van der Waals surface area contributed by atoms with E-state index in [1.165, 1.54) is 5.56 Å². The lowest BCUT2D eigenvalue weighted by atomic mass is 10.0. The van der Waals surface area contributed by atoms with E-state index in [9.17, 15) is 5.11 Å². The SMILES string of the molecule is CCNC(=NCC(CO)c1ccccc1)NCCc1cccc(Cl)c1. The normalized spacial score (nSPS) is 12.7. The zero-order valence-corrected chi connectivity index (χ0v) is 15.3. The lowest BCUT2D eigenvalue weighted by molar-refractivity contribution is 0.268. The minimum Gasteiger partial charge on any atom is -0.396 e. The molecule has 4 nitrogen and oxygen atoms in total. The maximum absolute atomic E-state index is 9.65. The average molecular weight is 360 g/mol. The molecule has 0 fully saturated rings. The molecule has 0 aliphatic heterocycles. The average Bonchev–Trinajstić information content (AvgIpc) is 2.63. The van der Waals surface area contributed by atoms with Gasteiger partial charge >= 0.3 is 0 Å². The number of nitrogens with one attached hydrogen (secondary N) is 2. The largest absolute Gasteiger partial charge is 0.396 e. The van der Waals surface area contributed by atoms with Crippen LogP contribution in [0.25, 0.3) is 0 Å². The van der Waals surface area contributed by atoms with Crippen molar-refractivity contribution in [2.45, 2.75) is 19.3 Å². The summed E-state index contributed by atoms with van der Waals surface area (Å²) in [7, 11) is 0. The van der Waals surface area contributed by atoms with E-state index in [1.54, 1.807) is 0 Å². The van der Waals surface area contributed by atoms with Gasteiger partial charge in [-0.1, -0.05) is 54.1 Å². The second kappa shape index (κ2) is 10.7. The van der Waals surface area contributed by atoms with Crippen molar-refractivity contribution in [2.24, 2.45) is 4.99 Å². The monoisotopic (exact) mass is 359 g/mol. The molecule has 1 unspecified atom stereocenters. The lowest BCUT2D eigenvalue weighted by Gasteiger charge is -2.15. The fourth-order valence-corrected chi connectivity index (χ4v) is 2.77. The molecule has 0 heterocycles. The summed E-state index contributed by atoms with van der Waals surface area (Å²) < 4.78 is 0. The van der Waals surface area contributed by atoms with Gasteiger partial charge < -0.3 is 15.7 Å². The standard InChI is InChI=1S/C20H26ClN3O/c1-2-22-20(23-12-11-16-7-6-10-19(21)13-16)24-14-18(15-25)17-8-4-3-5-9-17/h3-10,13,18,25H,2,11-12,14-15H2,1H3,(H2,22,23,24). The minimum atomic E-state index is 0.00425. The fraction of sp³-hybridized carbons (Fsp3) is 0.350. The number of halogens is 1. The van der Waals surface area contributed by atoms with Crippen molar-refractivity contribution < 1.29 is 5.11 Å². The Labute approximate surface area is 155 Å². The van der Waals surface area contributed by atoms with Crippen LogP contribution in [0.15, 0.2) is 59.6 Å². The second-order valence-corrected chi connectivity index (χ2v) is 6.25. The van der Waals surface area contributed by atoms with Gasteiger partial charge in [0.25, 0.3) is 0 Å². The molecule has 2 aromatic carbocycles. The molecule has 0 aliphatic carbocycles. The molecule has 0 bridgehead atoms. The van der Waals surface area contributed by atoms with Crippen LogP contribution >= 0.6 is 11.6 Å². The number of aliphatic hydroxyl groups excluding tert-OH is 1. The fourth-order valence-electron chi connectivity index (χ4n) is 2.55. The smallest absolute Gasteiger partial charge is 0.191 e. The molecule has 0 saturated carbocycles. The van der Waals surface area contributed by atoms with Gasteiger partial charge in [0.1, 0.15) is 0 Å². The van der Waals surface area contributed by atoms with Crippen LogP contribution in [0.1, 0.15) is 24.0 Å². The molecule has 134 valence electrons. The predicted octanol–water partition coefficient (Wildman–Crippen LogP) is 3.21. The van der Waals surface area contributed by atoms with Crippen LogP contribution in [-0.4, -0.2) is 37.3 Å². The molecule has 0 aromatic heterocycles. The third-order valence-corrected chi connectivity index (χ3v) is 4.14. The quantitative estimate of drug-likeness (QED) is 0.501. The van der Waals surface area contributed by atoms with Gasteiger partial charge in [0.05, 0.1) is 13.2 Å². The van der Waals surface area contributed by atoms with Crippen LogP contribution in [0, 0.1) is 0 Å². The van der Waals surface area contributed by atoms with Crippen LogP contribution < -0.4 is 10.6 Å². The van der Waals surface area contributed by atoms with Crippen LogP contribution in [-0.2, 0) is 6.42 Å². The first-order valence-electron chi connectivity index (χ1n) is 8.65. The molecule has 0 aliphatic rings. The highest BCUT2D eigenvalue weighted by Crippen LogP contribution is 2.15. The van der Waals surface area contributed by atoms with Crippen LogP contribution in [0.2, 0.25) is 5.02 Å². The van der Waals surface area contributed by atoms with E-state index in [0.717, 1.165) is 36.1 Å². The zero-order chi connectivity index (χ0) is 17.9. The van der Waals surface area contributed by atoms with Gasteiger partial charge in [0.15, 0.2) is 5.96 Å². The van der Waals surface area contributed by atoms with E-state index in [-0.39, 0.29) is 12.5 Å². The molecule has 0 saturated heterocycles. The summed E-state index contributed by atoms with van der Waals surface area (Å²) >= 11 is 6.01. The highest BCUT2D eigenvalue weighted by molar-refractivity contribution is 6.30. The van der Waals surface area contributed by atoms with Crippen LogP contribution in [0.3, 0.4) is 0 Å². The number of rotatable bonds is 8. The molecule has 3 N–H and O–H groups in total. The van der Waals surface area contributed by atoms with E-state index in [2.05, 4.69) is 21.7 Å². The first-order chi connectivity index (χ1) is 12.2. The highest BCUT2D eigenvalue weighted by atomic mass is 35.5. The van der Waals surface area contributed by atoms with E-state index in [4.69, 9.17) is 11.6 Å². The van der Waals surface area contributed by atoms with E-state index < -0.39 is 0 Å². The number of aliphatic hydroxyl groups is 1. The molecule has 5 heteroatoms. The highest BCUT2D eigenvalue weighted by Gasteiger charge is 2.09. The summed E-state index contributed by atoms with van der Waals surface area (Å²) in [4.78, 5) is 4.62. The van der Waals surface area contributed by atoms with Crippen molar-refractivity contribution in [1.29, 1.82) is 0 Å². The molecule has 25 heavy (non-hydrogen) atoms. The Morgan fingerprint density at radius 2 is 1.92 bits per heavy atom.